The molecule has 4 rings (SSSR count). The highest BCUT2D eigenvalue weighted by Gasteiger charge is 2.68. The highest BCUT2D eigenvalue weighted by atomic mass is 16.5. The van der Waals surface area contributed by atoms with Gasteiger partial charge in [0.15, 0.2) is 12.4 Å². The third kappa shape index (κ3) is 4.00. The molecule has 5 nitrogen and oxygen atoms in total. The highest BCUT2D eigenvalue weighted by Crippen LogP contribution is 2.68. The zero-order valence-corrected chi connectivity index (χ0v) is 21.7. The van der Waals surface area contributed by atoms with Crippen LogP contribution in [0.4, 0.5) is 0 Å². The number of fused-ring (bicyclic) bond motifs is 5. The largest absolute Gasteiger partial charge is 0.458 e. The van der Waals surface area contributed by atoms with Gasteiger partial charge < -0.3 is 9.84 Å². The number of ketones is 2. The van der Waals surface area contributed by atoms with Crippen molar-refractivity contribution in [3.8, 4) is 0 Å². The molecular formula is C29H44O5. The molecule has 0 aromatic rings. The van der Waals surface area contributed by atoms with Gasteiger partial charge in [0.25, 0.3) is 0 Å². The molecule has 0 saturated heterocycles. The van der Waals surface area contributed by atoms with Gasteiger partial charge in [-0.3, -0.25) is 14.4 Å². The van der Waals surface area contributed by atoms with Gasteiger partial charge in [-0.25, -0.2) is 0 Å². The first-order valence-corrected chi connectivity index (χ1v) is 13.7. The minimum Gasteiger partial charge on any atom is -0.458 e. The van der Waals surface area contributed by atoms with Gasteiger partial charge >= 0.3 is 5.97 Å². The molecule has 7 atom stereocenters. The number of Topliss-reactive ketones (excluding diaryl/α,β-unsaturated/α-hetero) is 1. The average molecular weight is 473 g/mol. The molecule has 3 fully saturated rings. The minimum absolute atomic E-state index is 0.0689. The molecular weight excluding hydrogens is 428 g/mol. The number of aliphatic hydroxyl groups is 1. The lowest BCUT2D eigenvalue weighted by atomic mass is 9.46. The fourth-order valence-electron chi connectivity index (χ4n) is 8.52. The zero-order chi connectivity index (χ0) is 24.7. The van der Waals surface area contributed by atoms with E-state index in [1.807, 2.05) is 13.0 Å². The van der Waals surface area contributed by atoms with Crippen LogP contribution >= 0.6 is 0 Å². The number of unbranched alkanes of at least 4 members (excludes halogenated alkanes) is 3. The smallest absolute Gasteiger partial charge is 0.306 e. The molecule has 0 heterocycles. The Kier molecular flexibility index (Phi) is 7.17. The maximum Gasteiger partial charge on any atom is 0.306 e. The van der Waals surface area contributed by atoms with Gasteiger partial charge in [-0.1, -0.05) is 52.5 Å². The molecule has 4 aliphatic rings. The quantitative estimate of drug-likeness (QED) is 0.368. The number of esters is 1. The Labute approximate surface area is 205 Å². The van der Waals surface area contributed by atoms with E-state index in [0.29, 0.717) is 24.7 Å². The van der Waals surface area contributed by atoms with E-state index in [9.17, 15) is 19.5 Å². The summed E-state index contributed by atoms with van der Waals surface area (Å²) in [7, 11) is 0. The molecule has 0 aromatic heterocycles. The molecule has 1 N–H and O–H groups in total. The Morgan fingerprint density at radius 1 is 1.09 bits per heavy atom. The van der Waals surface area contributed by atoms with Gasteiger partial charge in [-0.2, -0.15) is 0 Å². The Balaban J connectivity index is 1.47. The van der Waals surface area contributed by atoms with E-state index < -0.39 is 11.0 Å². The summed E-state index contributed by atoms with van der Waals surface area (Å²) in [5.74, 6) is 0.682. The summed E-state index contributed by atoms with van der Waals surface area (Å²) >= 11 is 0. The van der Waals surface area contributed by atoms with Crippen molar-refractivity contribution in [1.82, 2.24) is 0 Å². The topological polar surface area (TPSA) is 80.7 Å². The van der Waals surface area contributed by atoms with Crippen LogP contribution in [0.1, 0.15) is 105 Å². The fourth-order valence-corrected chi connectivity index (χ4v) is 8.52. The summed E-state index contributed by atoms with van der Waals surface area (Å²) in [5, 5.41) is 12.0. The van der Waals surface area contributed by atoms with E-state index in [1.165, 1.54) is 5.57 Å². The lowest BCUT2D eigenvalue weighted by Gasteiger charge is -2.59. The van der Waals surface area contributed by atoms with Crippen LogP contribution in [-0.2, 0) is 19.1 Å². The molecule has 190 valence electrons. The zero-order valence-electron chi connectivity index (χ0n) is 21.7. The van der Waals surface area contributed by atoms with Crippen LogP contribution in [0.25, 0.3) is 0 Å². The van der Waals surface area contributed by atoms with Gasteiger partial charge in [-0.05, 0) is 80.1 Å². The fraction of sp³-hybridized carbons (Fsp3) is 0.828. The van der Waals surface area contributed by atoms with Crippen molar-refractivity contribution >= 4 is 17.5 Å². The molecule has 3 saturated carbocycles. The first kappa shape index (κ1) is 25.6. The van der Waals surface area contributed by atoms with E-state index in [0.717, 1.165) is 64.2 Å². The van der Waals surface area contributed by atoms with E-state index in [1.54, 1.807) is 0 Å². The van der Waals surface area contributed by atoms with Crippen LogP contribution in [0, 0.1) is 34.5 Å². The van der Waals surface area contributed by atoms with Crippen LogP contribution < -0.4 is 0 Å². The van der Waals surface area contributed by atoms with Crippen molar-refractivity contribution in [2.75, 3.05) is 6.61 Å². The Morgan fingerprint density at radius 3 is 2.59 bits per heavy atom. The molecule has 0 radical (unpaired) electrons. The van der Waals surface area contributed by atoms with E-state index in [4.69, 9.17) is 4.74 Å². The van der Waals surface area contributed by atoms with Crippen LogP contribution in [0.15, 0.2) is 11.6 Å². The predicted octanol–water partition coefficient (Wildman–Crippen LogP) is 5.58. The molecule has 0 unspecified atom stereocenters. The first-order chi connectivity index (χ1) is 16.1. The molecule has 0 bridgehead atoms. The Morgan fingerprint density at radius 2 is 1.85 bits per heavy atom. The van der Waals surface area contributed by atoms with Gasteiger partial charge in [0.1, 0.15) is 5.60 Å². The third-order valence-corrected chi connectivity index (χ3v) is 10.6. The first-order valence-electron chi connectivity index (χ1n) is 13.7. The van der Waals surface area contributed by atoms with Crippen LogP contribution in [0.3, 0.4) is 0 Å². The van der Waals surface area contributed by atoms with Crippen molar-refractivity contribution in [3.63, 3.8) is 0 Å². The van der Waals surface area contributed by atoms with Crippen molar-refractivity contribution in [1.29, 1.82) is 0 Å². The molecule has 0 amide bonds. The van der Waals surface area contributed by atoms with Crippen LogP contribution in [-0.4, -0.2) is 34.9 Å². The number of carbonyl (C=O) groups excluding carboxylic acids is 3. The molecule has 0 aromatic carbocycles. The summed E-state index contributed by atoms with van der Waals surface area (Å²) in [4.78, 5) is 37.7. The maximum absolute atomic E-state index is 13.4. The van der Waals surface area contributed by atoms with Gasteiger partial charge in [0.05, 0.1) is 0 Å². The van der Waals surface area contributed by atoms with Crippen molar-refractivity contribution in [2.24, 2.45) is 34.5 Å². The number of hydrogen-bond donors (Lipinski definition) is 1. The molecule has 4 aliphatic carbocycles. The van der Waals surface area contributed by atoms with Crippen molar-refractivity contribution < 1.29 is 24.2 Å². The van der Waals surface area contributed by atoms with Crippen LogP contribution in [0.5, 0.6) is 0 Å². The Bertz CT molecular complexity index is 861. The van der Waals surface area contributed by atoms with Crippen molar-refractivity contribution in [3.05, 3.63) is 11.6 Å². The highest BCUT2D eigenvalue weighted by molar-refractivity contribution is 5.92. The van der Waals surface area contributed by atoms with Gasteiger partial charge in [0, 0.05) is 18.3 Å². The van der Waals surface area contributed by atoms with E-state index in [-0.39, 0.29) is 41.4 Å². The average Bonchev–Trinajstić information content (AvgIpc) is 3.02. The van der Waals surface area contributed by atoms with Gasteiger partial charge in [0.2, 0.25) is 5.78 Å². The molecule has 0 spiro atoms. The predicted molar refractivity (Wildman–Crippen MR) is 131 cm³/mol. The second-order valence-corrected chi connectivity index (χ2v) is 12.2. The SMILES string of the molecule is CCCCCCC(=O)OCC(=O)[C@@]1(O)[C@H](C)C[C@H]2[C@@H]3CCC4=CC(=O)CC[C@]4(C)[C@H]3CC[C@@]21C. The normalized spacial score (nSPS) is 41.2. The summed E-state index contributed by atoms with van der Waals surface area (Å²) < 4.78 is 5.35. The lowest BCUT2D eigenvalue weighted by Crippen LogP contribution is -2.59. The van der Waals surface area contributed by atoms with Crippen molar-refractivity contribution in [2.45, 2.75) is 110 Å². The number of rotatable bonds is 8. The number of allylic oxidation sites excluding steroid dienone is 1. The Hall–Kier alpha value is -1.49. The molecule has 5 heteroatoms. The second-order valence-electron chi connectivity index (χ2n) is 12.2. The summed E-state index contributed by atoms with van der Waals surface area (Å²) in [6, 6.07) is 0. The minimum atomic E-state index is -1.45. The van der Waals surface area contributed by atoms with Crippen LogP contribution in [0.2, 0.25) is 0 Å². The summed E-state index contributed by atoms with van der Waals surface area (Å²) in [5.41, 5.74) is -0.554. The number of hydrogen-bond acceptors (Lipinski definition) is 5. The van der Waals surface area contributed by atoms with E-state index >= 15 is 0 Å². The third-order valence-electron chi connectivity index (χ3n) is 10.6. The molecule has 0 aliphatic heterocycles. The maximum atomic E-state index is 13.4. The second kappa shape index (κ2) is 9.52. The van der Waals surface area contributed by atoms with E-state index in [2.05, 4.69) is 20.8 Å². The standard InChI is InChI=1S/C29H44O5/c1-5-6-7-8-9-26(32)34-18-25(31)29(33)19(2)16-24-22-11-10-20-17-21(30)12-14-27(20,3)23(22)13-15-28(24,29)4/h17,19,22-24,33H,5-16,18H2,1-4H3/t19-,22-,23+,24+,27+,28+,29+/m1/s1. The summed E-state index contributed by atoms with van der Waals surface area (Å²) in [6.07, 6.45) is 12.4. The lowest BCUT2D eigenvalue weighted by molar-refractivity contribution is -0.174. The summed E-state index contributed by atoms with van der Waals surface area (Å²) in [6.45, 7) is 8.26. The number of ether oxygens (including phenoxy) is 1. The number of carbonyl (C=O) groups is 3. The van der Waals surface area contributed by atoms with Gasteiger partial charge in [-0.15, -0.1) is 0 Å². The monoisotopic (exact) mass is 472 g/mol. The molecule has 34 heavy (non-hydrogen) atoms.